The molecule has 0 aromatic rings. The van der Waals surface area contributed by atoms with Gasteiger partial charge in [0.2, 0.25) is 0 Å². The van der Waals surface area contributed by atoms with Crippen molar-refractivity contribution in [3.63, 3.8) is 0 Å². The average Bonchev–Trinajstić information content (AvgIpc) is 1.94. The van der Waals surface area contributed by atoms with Crippen LogP contribution >= 0.6 is 0 Å². The van der Waals surface area contributed by atoms with Gasteiger partial charge in [-0.15, -0.1) is 0 Å². The van der Waals surface area contributed by atoms with Gasteiger partial charge in [0.15, 0.2) is 0 Å². The van der Waals surface area contributed by atoms with Gasteiger partial charge in [-0.2, -0.15) is 5.10 Å². The molecule has 1 heterocycles. The van der Waals surface area contributed by atoms with E-state index in [0.717, 1.165) is 0 Å². The van der Waals surface area contributed by atoms with Crippen LogP contribution in [-0.4, -0.2) is 17.4 Å². The van der Waals surface area contributed by atoms with Crippen LogP contribution in [0.4, 0.5) is 0 Å². The molecule has 10 heavy (non-hydrogen) atoms. The molecule has 1 rings (SSSR count). The van der Waals surface area contributed by atoms with E-state index < -0.39 is 0 Å². The Morgan fingerprint density at radius 1 is 1.80 bits per heavy atom. The molecule has 0 saturated heterocycles. The molecule has 0 bridgehead atoms. The fourth-order valence-corrected chi connectivity index (χ4v) is 0.624. The van der Waals surface area contributed by atoms with E-state index in [9.17, 15) is 0 Å². The summed E-state index contributed by atoms with van der Waals surface area (Å²) in [4.78, 5) is 3.94. The summed E-state index contributed by atoms with van der Waals surface area (Å²) in [5, 5.41) is 5.58. The first kappa shape index (κ1) is 6.74. The Labute approximate surface area is 60.1 Å². The highest BCUT2D eigenvalue weighted by Gasteiger charge is 2.00. The van der Waals surface area contributed by atoms with Gasteiger partial charge in [-0.1, -0.05) is 6.58 Å². The van der Waals surface area contributed by atoms with E-state index in [1.54, 1.807) is 23.6 Å². The standard InChI is InChI=1S/C7H9N3/c1-3-9-10-6-4-5-8-7(10)2/h3-6H,2H2,1H3/b9-3-. The lowest BCUT2D eigenvalue weighted by molar-refractivity contribution is 0.494. The third-order valence-electron chi connectivity index (χ3n) is 1.04. The van der Waals surface area contributed by atoms with Crippen molar-refractivity contribution in [2.75, 3.05) is 0 Å². The molecule has 0 spiro atoms. The van der Waals surface area contributed by atoms with Gasteiger partial charge in [-0.3, -0.25) is 0 Å². The number of nitrogens with zero attached hydrogens (tertiary/aromatic N) is 3. The van der Waals surface area contributed by atoms with Crippen molar-refractivity contribution < 1.29 is 0 Å². The molecule has 0 radical (unpaired) electrons. The minimum Gasteiger partial charge on any atom is -0.238 e. The van der Waals surface area contributed by atoms with Crippen molar-refractivity contribution >= 4 is 12.4 Å². The molecule has 3 nitrogen and oxygen atoms in total. The van der Waals surface area contributed by atoms with Crippen molar-refractivity contribution in [1.29, 1.82) is 0 Å². The zero-order chi connectivity index (χ0) is 7.40. The molecule has 52 valence electrons. The van der Waals surface area contributed by atoms with Gasteiger partial charge in [-0.05, 0) is 13.0 Å². The fourth-order valence-electron chi connectivity index (χ4n) is 0.624. The van der Waals surface area contributed by atoms with Crippen molar-refractivity contribution in [2.24, 2.45) is 10.1 Å². The van der Waals surface area contributed by atoms with Crippen molar-refractivity contribution in [3.8, 4) is 0 Å². The van der Waals surface area contributed by atoms with E-state index in [4.69, 9.17) is 0 Å². The monoisotopic (exact) mass is 135 g/mol. The zero-order valence-corrected chi connectivity index (χ0v) is 5.86. The summed E-state index contributed by atoms with van der Waals surface area (Å²) in [6, 6.07) is 0. The minimum absolute atomic E-state index is 0.639. The quantitative estimate of drug-likeness (QED) is 0.499. The number of aliphatic imine (C=N–C) groups is 1. The van der Waals surface area contributed by atoms with E-state index in [1.807, 2.05) is 13.0 Å². The van der Waals surface area contributed by atoms with E-state index in [0.29, 0.717) is 5.82 Å². The second kappa shape index (κ2) is 2.96. The first-order valence-electron chi connectivity index (χ1n) is 3.02. The molecule has 1 aliphatic heterocycles. The summed E-state index contributed by atoms with van der Waals surface area (Å²) in [6.07, 6.45) is 6.98. The fraction of sp³-hybridized carbons (Fsp3) is 0.143. The highest BCUT2D eigenvalue weighted by Crippen LogP contribution is 2.06. The number of hydrazone groups is 1. The van der Waals surface area contributed by atoms with Crippen LogP contribution in [0.2, 0.25) is 0 Å². The molecule has 0 N–H and O–H groups in total. The van der Waals surface area contributed by atoms with Crippen LogP contribution in [0.1, 0.15) is 6.92 Å². The predicted molar refractivity (Wildman–Crippen MR) is 42.8 cm³/mol. The van der Waals surface area contributed by atoms with Gasteiger partial charge >= 0.3 is 0 Å². The molecule has 0 aromatic carbocycles. The highest BCUT2D eigenvalue weighted by atomic mass is 15.5. The maximum atomic E-state index is 3.97. The largest absolute Gasteiger partial charge is 0.238 e. The van der Waals surface area contributed by atoms with E-state index >= 15 is 0 Å². The van der Waals surface area contributed by atoms with Gasteiger partial charge in [-0.25, -0.2) is 10.0 Å². The second-order valence-electron chi connectivity index (χ2n) is 1.75. The molecular weight excluding hydrogens is 126 g/mol. The number of allylic oxidation sites excluding steroid dienone is 1. The Hall–Kier alpha value is -1.38. The lowest BCUT2D eigenvalue weighted by atomic mass is 10.5. The molecular formula is C7H9N3. The Balaban J connectivity index is 2.70. The predicted octanol–water partition coefficient (Wildman–Crippen LogP) is 1.36. The third kappa shape index (κ3) is 1.31. The SMILES string of the molecule is C=C1N=CC=CN1/N=C\C. The number of hydrogen-bond donors (Lipinski definition) is 0. The van der Waals surface area contributed by atoms with Crippen LogP contribution in [0.15, 0.2) is 34.8 Å². The van der Waals surface area contributed by atoms with Crippen molar-refractivity contribution in [2.45, 2.75) is 6.92 Å². The van der Waals surface area contributed by atoms with Crippen LogP contribution in [0.3, 0.4) is 0 Å². The van der Waals surface area contributed by atoms with Gasteiger partial charge in [0.25, 0.3) is 0 Å². The number of hydrogen-bond acceptors (Lipinski definition) is 3. The highest BCUT2D eigenvalue weighted by molar-refractivity contribution is 5.73. The molecule has 0 fully saturated rings. The first-order chi connectivity index (χ1) is 4.84. The molecule has 3 heteroatoms. The number of rotatable bonds is 1. The van der Waals surface area contributed by atoms with Gasteiger partial charge < -0.3 is 0 Å². The minimum atomic E-state index is 0.639. The topological polar surface area (TPSA) is 28.0 Å². The lowest BCUT2D eigenvalue weighted by Crippen LogP contribution is -2.09. The van der Waals surface area contributed by atoms with Crippen molar-refractivity contribution in [3.05, 3.63) is 24.7 Å². The van der Waals surface area contributed by atoms with Crippen LogP contribution in [0.25, 0.3) is 0 Å². The first-order valence-corrected chi connectivity index (χ1v) is 3.02. The van der Waals surface area contributed by atoms with E-state index in [1.165, 1.54) is 0 Å². The Morgan fingerprint density at radius 3 is 3.20 bits per heavy atom. The van der Waals surface area contributed by atoms with Crippen LogP contribution in [0, 0.1) is 0 Å². The summed E-state index contributed by atoms with van der Waals surface area (Å²) < 4.78 is 0. The third-order valence-corrected chi connectivity index (χ3v) is 1.04. The summed E-state index contributed by atoms with van der Waals surface area (Å²) >= 11 is 0. The molecule has 0 aliphatic carbocycles. The summed E-state index contributed by atoms with van der Waals surface area (Å²) in [5.41, 5.74) is 0. The summed E-state index contributed by atoms with van der Waals surface area (Å²) in [5.74, 6) is 0.639. The molecule has 0 amide bonds. The second-order valence-corrected chi connectivity index (χ2v) is 1.75. The van der Waals surface area contributed by atoms with E-state index in [-0.39, 0.29) is 0 Å². The molecule has 0 saturated carbocycles. The van der Waals surface area contributed by atoms with E-state index in [2.05, 4.69) is 16.7 Å². The Kier molecular flexibility index (Phi) is 1.99. The maximum absolute atomic E-state index is 3.97. The Morgan fingerprint density at radius 2 is 2.60 bits per heavy atom. The van der Waals surface area contributed by atoms with Crippen LogP contribution in [-0.2, 0) is 0 Å². The summed E-state index contributed by atoms with van der Waals surface area (Å²) in [6.45, 7) is 5.52. The lowest BCUT2D eigenvalue weighted by Gasteiger charge is -2.14. The summed E-state index contributed by atoms with van der Waals surface area (Å²) in [7, 11) is 0. The van der Waals surface area contributed by atoms with Crippen molar-refractivity contribution in [1.82, 2.24) is 5.01 Å². The van der Waals surface area contributed by atoms with Gasteiger partial charge in [0.1, 0.15) is 5.82 Å². The molecule has 0 atom stereocenters. The molecule has 0 unspecified atom stereocenters. The van der Waals surface area contributed by atoms with Crippen LogP contribution < -0.4 is 0 Å². The Bertz CT molecular complexity index is 213. The maximum Gasteiger partial charge on any atom is 0.146 e. The normalized spacial score (nSPS) is 17.3. The van der Waals surface area contributed by atoms with Gasteiger partial charge in [0.05, 0.1) is 0 Å². The average molecular weight is 135 g/mol. The zero-order valence-electron chi connectivity index (χ0n) is 5.86. The molecule has 1 aliphatic rings. The smallest absolute Gasteiger partial charge is 0.146 e. The van der Waals surface area contributed by atoms with Gasteiger partial charge in [0, 0.05) is 18.6 Å². The molecule has 0 aromatic heterocycles. The van der Waals surface area contributed by atoms with Crippen LogP contribution in [0.5, 0.6) is 0 Å².